The second-order valence-corrected chi connectivity index (χ2v) is 5.53. The molecule has 0 aliphatic heterocycles. The summed E-state index contributed by atoms with van der Waals surface area (Å²) in [6.45, 7) is -0.544. The molecule has 5 atom stereocenters. The van der Waals surface area contributed by atoms with Gasteiger partial charge in [0.15, 0.2) is 0 Å². The summed E-state index contributed by atoms with van der Waals surface area (Å²) >= 11 is 6.51. The third kappa shape index (κ3) is 7.02. The third-order valence-corrected chi connectivity index (χ3v) is 4.32. The molecule has 17 heavy (non-hydrogen) atoms. The number of aliphatic hydroxyl groups excluding tert-OH is 5. The summed E-state index contributed by atoms with van der Waals surface area (Å²) in [6.07, 6.45) is -6.02. The van der Waals surface area contributed by atoms with Crippen molar-refractivity contribution in [3.05, 3.63) is 0 Å². The first kappa shape index (κ1) is 17.7. The molecule has 6 nitrogen and oxygen atoms in total. The van der Waals surface area contributed by atoms with Crippen molar-refractivity contribution >= 4 is 31.9 Å². The monoisotopic (exact) mass is 380 g/mol. The zero-order chi connectivity index (χ0) is 13.4. The highest BCUT2D eigenvalue weighted by Gasteiger charge is 2.30. The van der Waals surface area contributed by atoms with E-state index in [9.17, 15) is 15.3 Å². The van der Waals surface area contributed by atoms with Crippen LogP contribution in [0.2, 0.25) is 0 Å². The fourth-order valence-corrected chi connectivity index (χ4v) is 1.40. The van der Waals surface area contributed by atoms with Crippen LogP contribution >= 0.6 is 31.9 Å². The number of aliphatic hydroxyl groups is 5. The minimum Gasteiger partial charge on any atom is -0.394 e. The van der Waals surface area contributed by atoms with Crippen LogP contribution in [0.15, 0.2) is 0 Å². The van der Waals surface area contributed by atoms with Gasteiger partial charge in [-0.25, -0.2) is 0 Å². The number of hydrogen-bond donors (Lipinski definition) is 5. The summed E-state index contributed by atoms with van der Waals surface area (Å²) in [7, 11) is 0. The summed E-state index contributed by atoms with van der Waals surface area (Å²) in [5.41, 5.74) is 0. The number of halogens is 2. The lowest BCUT2D eigenvalue weighted by Crippen LogP contribution is -2.47. The number of ether oxygens (including phenoxy) is 1. The second-order valence-electron chi connectivity index (χ2n) is 3.59. The van der Waals surface area contributed by atoms with Gasteiger partial charge >= 0.3 is 0 Å². The van der Waals surface area contributed by atoms with Crippen LogP contribution in [0.3, 0.4) is 0 Å². The Morgan fingerprint density at radius 2 is 1.47 bits per heavy atom. The summed E-state index contributed by atoms with van der Waals surface area (Å²) in [5.74, 6) is 0. The van der Waals surface area contributed by atoms with Crippen LogP contribution in [0.4, 0.5) is 0 Å². The predicted molar refractivity (Wildman–Crippen MR) is 68.4 cm³/mol. The molecule has 1 unspecified atom stereocenters. The third-order valence-electron chi connectivity index (χ3n) is 2.08. The highest BCUT2D eigenvalue weighted by molar-refractivity contribution is 9.12. The maximum absolute atomic E-state index is 9.46. The van der Waals surface area contributed by atoms with Crippen molar-refractivity contribution in [2.75, 3.05) is 25.2 Å². The first-order valence-electron chi connectivity index (χ1n) is 5.04. The fraction of sp³-hybridized carbons (Fsp3) is 1.00. The van der Waals surface area contributed by atoms with Gasteiger partial charge in [0, 0.05) is 10.2 Å². The van der Waals surface area contributed by atoms with Crippen LogP contribution in [0, 0.1) is 0 Å². The van der Waals surface area contributed by atoms with E-state index in [1.165, 1.54) is 0 Å². The lowest BCUT2D eigenvalue weighted by molar-refractivity contribution is -0.128. The van der Waals surface area contributed by atoms with Gasteiger partial charge in [-0.2, -0.15) is 0 Å². The molecule has 5 N–H and O–H groups in total. The van der Waals surface area contributed by atoms with Crippen LogP contribution in [0.5, 0.6) is 0 Å². The minimum atomic E-state index is -1.62. The molecule has 0 spiro atoms. The van der Waals surface area contributed by atoms with E-state index in [4.69, 9.17) is 14.9 Å². The highest BCUT2D eigenvalue weighted by Crippen LogP contribution is 2.08. The van der Waals surface area contributed by atoms with Gasteiger partial charge in [-0.15, -0.1) is 0 Å². The summed E-state index contributed by atoms with van der Waals surface area (Å²) in [6, 6.07) is 0. The maximum atomic E-state index is 9.46. The van der Waals surface area contributed by atoms with Crippen LogP contribution in [-0.2, 0) is 4.74 Å². The minimum absolute atomic E-state index is 0.0831. The lowest BCUT2D eigenvalue weighted by Gasteiger charge is -2.25. The summed E-state index contributed by atoms with van der Waals surface area (Å²) < 4.78 is 5.09. The molecular formula is C9H18Br2O6. The van der Waals surface area contributed by atoms with E-state index >= 15 is 0 Å². The number of alkyl halides is 2. The van der Waals surface area contributed by atoms with Crippen LogP contribution in [-0.4, -0.2) is 79.9 Å². The molecule has 0 amide bonds. The molecule has 0 radical (unpaired) electrons. The molecule has 0 rings (SSSR count). The van der Waals surface area contributed by atoms with Crippen molar-refractivity contribution in [3.63, 3.8) is 0 Å². The second kappa shape index (κ2) is 9.62. The van der Waals surface area contributed by atoms with Crippen LogP contribution in [0.1, 0.15) is 0 Å². The Balaban J connectivity index is 3.92. The normalized spacial score (nSPS) is 20.6. The van der Waals surface area contributed by atoms with Crippen molar-refractivity contribution in [1.82, 2.24) is 0 Å². The van der Waals surface area contributed by atoms with E-state index in [-0.39, 0.29) is 11.4 Å². The lowest BCUT2D eigenvalue weighted by atomic mass is 10.0. The molecule has 0 aliphatic carbocycles. The van der Waals surface area contributed by atoms with E-state index in [0.29, 0.717) is 11.9 Å². The Kier molecular flexibility index (Phi) is 10.0. The number of rotatable bonds is 9. The smallest absolute Gasteiger partial charge is 0.111 e. The van der Waals surface area contributed by atoms with Crippen LogP contribution < -0.4 is 0 Å². The molecule has 0 saturated heterocycles. The Morgan fingerprint density at radius 3 is 1.94 bits per heavy atom. The molecule has 8 heteroatoms. The quantitative estimate of drug-likeness (QED) is 0.314. The van der Waals surface area contributed by atoms with Crippen molar-refractivity contribution in [2.24, 2.45) is 0 Å². The van der Waals surface area contributed by atoms with Gasteiger partial charge < -0.3 is 30.3 Å². The molecule has 0 heterocycles. The Hall–Kier alpha value is 0.720. The summed E-state index contributed by atoms with van der Waals surface area (Å²) in [4.78, 5) is 0.0831. The van der Waals surface area contributed by atoms with Crippen molar-refractivity contribution in [2.45, 2.75) is 29.2 Å². The SMILES string of the molecule is OC[C@@H](O)[C@@H](O)[C@H](O)[C@@H](O)COCC(Br)CBr. The topological polar surface area (TPSA) is 110 Å². The standard InChI is InChI=1S/C9H18Br2O6/c10-1-5(11)3-17-4-7(14)9(16)8(15)6(13)2-12/h5-9,12-16H,1-4H2/t5?,6-,7+,8-,9-/m1/s1. The molecule has 0 bridgehead atoms. The molecule has 0 aromatic heterocycles. The highest BCUT2D eigenvalue weighted by atomic mass is 79.9. The van der Waals surface area contributed by atoms with E-state index in [1.54, 1.807) is 0 Å². The van der Waals surface area contributed by atoms with E-state index < -0.39 is 31.0 Å². The molecule has 104 valence electrons. The Labute approximate surface area is 116 Å². The zero-order valence-electron chi connectivity index (χ0n) is 9.12. The maximum Gasteiger partial charge on any atom is 0.111 e. The first-order chi connectivity index (χ1) is 7.93. The Bertz CT molecular complexity index is 196. The van der Waals surface area contributed by atoms with E-state index in [0.717, 1.165) is 0 Å². The molecular weight excluding hydrogens is 364 g/mol. The summed E-state index contributed by atoms with van der Waals surface area (Å²) in [5, 5.41) is 46.5. The molecule has 0 fully saturated rings. The van der Waals surface area contributed by atoms with Crippen LogP contribution in [0.25, 0.3) is 0 Å². The van der Waals surface area contributed by atoms with Gasteiger partial charge in [0.25, 0.3) is 0 Å². The van der Waals surface area contributed by atoms with Gasteiger partial charge in [0.05, 0.1) is 19.8 Å². The van der Waals surface area contributed by atoms with Gasteiger partial charge in [-0.05, 0) is 0 Å². The first-order valence-corrected chi connectivity index (χ1v) is 7.08. The molecule has 0 saturated carbocycles. The average Bonchev–Trinajstić information content (AvgIpc) is 2.35. The number of hydrogen-bond acceptors (Lipinski definition) is 6. The average molecular weight is 382 g/mol. The fourth-order valence-electron chi connectivity index (χ4n) is 1.02. The molecule has 0 aromatic carbocycles. The van der Waals surface area contributed by atoms with Crippen molar-refractivity contribution < 1.29 is 30.3 Å². The zero-order valence-corrected chi connectivity index (χ0v) is 12.3. The van der Waals surface area contributed by atoms with Crippen molar-refractivity contribution in [1.29, 1.82) is 0 Å². The van der Waals surface area contributed by atoms with Gasteiger partial charge in [-0.3, -0.25) is 0 Å². The Morgan fingerprint density at radius 1 is 0.941 bits per heavy atom. The van der Waals surface area contributed by atoms with E-state index in [1.807, 2.05) is 0 Å². The molecule has 0 aliphatic rings. The van der Waals surface area contributed by atoms with Gasteiger partial charge in [-0.1, -0.05) is 31.9 Å². The van der Waals surface area contributed by atoms with Crippen molar-refractivity contribution in [3.8, 4) is 0 Å². The van der Waals surface area contributed by atoms with E-state index in [2.05, 4.69) is 31.9 Å². The van der Waals surface area contributed by atoms with Gasteiger partial charge in [0.2, 0.25) is 0 Å². The predicted octanol–water partition coefficient (Wildman–Crippen LogP) is -1.40. The van der Waals surface area contributed by atoms with Gasteiger partial charge in [0.1, 0.15) is 24.4 Å². The molecule has 0 aromatic rings. The largest absolute Gasteiger partial charge is 0.394 e.